The fourth-order valence-electron chi connectivity index (χ4n) is 5.05. The van der Waals surface area contributed by atoms with Gasteiger partial charge in [0.25, 0.3) is 5.56 Å². The molecule has 2 saturated heterocycles. The van der Waals surface area contributed by atoms with Crippen molar-refractivity contribution in [2.75, 3.05) is 31.3 Å². The number of nitrogen functional groups attached to an aromatic ring is 2. The van der Waals surface area contributed by atoms with Gasteiger partial charge in [0.1, 0.15) is 30.2 Å². The summed E-state index contributed by atoms with van der Waals surface area (Å²) in [6.07, 6.45) is 6.74. The average Bonchev–Trinajstić information content (AvgIpc) is 3.72. The van der Waals surface area contributed by atoms with E-state index < -0.39 is 6.72 Å². The molecule has 4 aromatic rings. The average molecular weight is 624 g/mol. The van der Waals surface area contributed by atoms with Crippen molar-refractivity contribution >= 4 is 52.5 Å². The van der Waals surface area contributed by atoms with E-state index in [-0.39, 0.29) is 54.2 Å². The standard InChI is InChI=1S/C12H17N5O3.C12H17N4O4PS/c1-2-19-5-7-3-4-8(20-7)17-6-14-9-10(17)15-12(13)16-11(9)18;1-7-4-10(20-9(7)5-19-21(17,18)22)16-3-2-8-11(13)14-6-15-12(8)16/h6-8H,2-5H2,1H3,(H3,13,15,16,18);2-3,6-7,9-10H,4-5H2,1H3,(H2,13,14,15)(H2,17,18,22). The fourth-order valence-corrected chi connectivity index (χ4v) is 5.58. The van der Waals surface area contributed by atoms with Crippen LogP contribution in [0.5, 0.6) is 0 Å². The maximum absolute atomic E-state index is 11.7. The molecule has 0 amide bonds. The third-order valence-electron chi connectivity index (χ3n) is 7.15. The quantitative estimate of drug-likeness (QED) is 0.176. The zero-order chi connectivity index (χ0) is 30.0. The smallest absolute Gasteiger partial charge is 0.321 e. The second kappa shape index (κ2) is 12.7. The zero-order valence-corrected chi connectivity index (χ0v) is 24.8. The van der Waals surface area contributed by atoms with Crippen LogP contribution in [0.25, 0.3) is 22.2 Å². The zero-order valence-electron chi connectivity index (χ0n) is 23.1. The summed E-state index contributed by atoms with van der Waals surface area (Å²) in [6, 6.07) is 1.85. The molecule has 0 saturated carbocycles. The van der Waals surface area contributed by atoms with E-state index in [1.165, 1.54) is 6.33 Å². The van der Waals surface area contributed by atoms with Crippen LogP contribution in [0.3, 0.4) is 0 Å². The summed E-state index contributed by atoms with van der Waals surface area (Å²) in [4.78, 5) is 48.9. The van der Waals surface area contributed by atoms with Crippen LogP contribution in [0.15, 0.2) is 29.7 Å². The van der Waals surface area contributed by atoms with E-state index in [0.717, 1.165) is 24.6 Å². The maximum atomic E-state index is 11.7. The number of hydrogen-bond acceptors (Lipinski definition) is 12. The molecule has 16 nitrogen and oxygen atoms in total. The summed E-state index contributed by atoms with van der Waals surface area (Å²) < 4.78 is 25.8. The lowest BCUT2D eigenvalue weighted by molar-refractivity contribution is -0.0377. The van der Waals surface area contributed by atoms with Crippen LogP contribution in [0.2, 0.25) is 0 Å². The second-order valence-electron chi connectivity index (χ2n) is 10.1. The molecule has 0 spiro atoms. The maximum Gasteiger partial charge on any atom is 0.321 e. The molecule has 18 heteroatoms. The Labute approximate surface area is 245 Å². The Morgan fingerprint density at radius 3 is 2.71 bits per heavy atom. The third kappa shape index (κ3) is 6.79. The summed E-state index contributed by atoms with van der Waals surface area (Å²) in [5, 5.41) is 0.777. The van der Waals surface area contributed by atoms with Crippen molar-refractivity contribution in [2.45, 2.75) is 57.8 Å². The molecule has 0 bridgehead atoms. The van der Waals surface area contributed by atoms with Crippen LogP contribution in [-0.4, -0.2) is 75.9 Å². The molecule has 5 atom stereocenters. The Hall–Kier alpha value is -3.02. The van der Waals surface area contributed by atoms with Crippen LogP contribution in [0.4, 0.5) is 11.8 Å². The molecule has 0 aromatic carbocycles. The van der Waals surface area contributed by atoms with Gasteiger partial charge in [-0.25, -0.2) is 15.0 Å². The highest BCUT2D eigenvalue weighted by Crippen LogP contribution is 2.41. The number of imidazole rings is 1. The Kier molecular flexibility index (Phi) is 9.20. The molecule has 2 aliphatic rings. The second-order valence-corrected chi connectivity index (χ2v) is 12.7. The van der Waals surface area contributed by atoms with Gasteiger partial charge in [-0.1, -0.05) is 6.92 Å². The number of aromatic amines is 1. The van der Waals surface area contributed by atoms with Crippen molar-refractivity contribution in [1.29, 1.82) is 0 Å². The first kappa shape index (κ1) is 30.4. The van der Waals surface area contributed by atoms with Crippen LogP contribution in [-0.2, 0) is 30.5 Å². The molecule has 6 heterocycles. The lowest BCUT2D eigenvalue weighted by atomic mass is 10.0. The predicted octanol–water partition coefficient (Wildman–Crippen LogP) is 1.58. The first-order valence-electron chi connectivity index (χ1n) is 13.4. The van der Waals surface area contributed by atoms with Crippen molar-refractivity contribution < 1.29 is 28.5 Å². The summed E-state index contributed by atoms with van der Waals surface area (Å²) in [5.41, 5.74) is 12.5. The molecule has 0 radical (unpaired) electrons. The summed E-state index contributed by atoms with van der Waals surface area (Å²) in [6.45, 7) is 1.61. The Balaban J connectivity index is 0.000000169. The summed E-state index contributed by atoms with van der Waals surface area (Å²) in [7, 11) is 0. The van der Waals surface area contributed by atoms with Gasteiger partial charge in [0, 0.05) is 12.8 Å². The van der Waals surface area contributed by atoms with Crippen LogP contribution < -0.4 is 17.0 Å². The SMILES string of the molecule is CC1CC(n2ccc3c(N)ncnc32)OC1COP(O)(O)=S.CCOCC1CCC(n2cnc3c(=O)[nH]c(N)nc32)O1. The number of hydrogen-bond donors (Lipinski definition) is 5. The minimum absolute atomic E-state index is 0.0538. The first-order valence-corrected chi connectivity index (χ1v) is 16.0. The minimum Gasteiger partial charge on any atom is -0.383 e. The normalized spacial score (nSPS) is 24.3. The largest absolute Gasteiger partial charge is 0.383 e. The Morgan fingerprint density at radius 1 is 1.14 bits per heavy atom. The molecule has 7 N–H and O–H groups in total. The molecule has 5 unspecified atom stereocenters. The number of fused-ring (bicyclic) bond motifs is 2. The van der Waals surface area contributed by atoms with Crippen LogP contribution in [0, 0.1) is 5.92 Å². The number of rotatable bonds is 8. The van der Waals surface area contributed by atoms with Gasteiger partial charge < -0.3 is 44.6 Å². The molecule has 0 aliphatic carbocycles. The molecular weight excluding hydrogens is 589 g/mol. The molecular formula is C24H34N9O7PS. The van der Waals surface area contributed by atoms with E-state index in [1.807, 2.05) is 30.7 Å². The van der Waals surface area contributed by atoms with Gasteiger partial charge in [-0.05, 0) is 50.0 Å². The molecule has 2 fully saturated rings. The summed E-state index contributed by atoms with van der Waals surface area (Å²) in [5.74, 6) is 0.687. The van der Waals surface area contributed by atoms with Gasteiger partial charge in [-0.3, -0.25) is 14.3 Å². The van der Waals surface area contributed by atoms with Gasteiger partial charge in [0.05, 0.1) is 37.1 Å². The molecule has 228 valence electrons. The van der Waals surface area contributed by atoms with Gasteiger partial charge in [-0.2, -0.15) is 4.98 Å². The highest BCUT2D eigenvalue weighted by atomic mass is 32.5. The topological polar surface area (TPSA) is 224 Å². The van der Waals surface area contributed by atoms with Gasteiger partial charge in [0.15, 0.2) is 11.2 Å². The Bertz CT molecular complexity index is 1640. The number of nitrogens with one attached hydrogen (secondary N) is 1. The highest BCUT2D eigenvalue weighted by Gasteiger charge is 2.35. The monoisotopic (exact) mass is 623 g/mol. The van der Waals surface area contributed by atoms with Crippen molar-refractivity contribution in [3.8, 4) is 0 Å². The van der Waals surface area contributed by atoms with Crippen LogP contribution in [0.1, 0.15) is 45.6 Å². The number of nitrogens with two attached hydrogens (primary N) is 2. The van der Waals surface area contributed by atoms with Crippen LogP contribution >= 0.6 is 6.72 Å². The number of aromatic nitrogens is 7. The van der Waals surface area contributed by atoms with E-state index in [9.17, 15) is 4.79 Å². The van der Waals surface area contributed by atoms with E-state index in [1.54, 1.807) is 10.9 Å². The van der Waals surface area contributed by atoms with Gasteiger partial charge in [-0.15, -0.1) is 0 Å². The Morgan fingerprint density at radius 2 is 1.95 bits per heavy atom. The molecule has 4 aromatic heterocycles. The van der Waals surface area contributed by atoms with Crippen molar-refractivity contribution in [2.24, 2.45) is 5.92 Å². The lowest BCUT2D eigenvalue weighted by Crippen LogP contribution is -2.20. The molecule has 6 rings (SSSR count). The van der Waals surface area contributed by atoms with E-state index in [4.69, 9.17) is 40.0 Å². The number of H-pyrrole nitrogens is 1. The van der Waals surface area contributed by atoms with Gasteiger partial charge >= 0.3 is 6.72 Å². The third-order valence-corrected chi connectivity index (χ3v) is 7.95. The highest BCUT2D eigenvalue weighted by molar-refractivity contribution is 8.06. The molecule has 42 heavy (non-hydrogen) atoms. The minimum atomic E-state index is -3.66. The number of nitrogens with zero attached hydrogens (tertiary/aromatic N) is 6. The fraction of sp³-hybridized carbons (Fsp3) is 0.542. The number of anilines is 2. The van der Waals surface area contributed by atoms with E-state index in [2.05, 4.69) is 36.7 Å². The number of ether oxygens (including phenoxy) is 3. The predicted molar refractivity (Wildman–Crippen MR) is 157 cm³/mol. The van der Waals surface area contributed by atoms with Crippen molar-refractivity contribution in [3.63, 3.8) is 0 Å². The van der Waals surface area contributed by atoms with Crippen molar-refractivity contribution in [3.05, 3.63) is 35.3 Å². The summed E-state index contributed by atoms with van der Waals surface area (Å²) >= 11 is 4.45. The van der Waals surface area contributed by atoms with Gasteiger partial charge in [0.2, 0.25) is 5.95 Å². The lowest BCUT2D eigenvalue weighted by Gasteiger charge is -2.18. The molecule has 2 aliphatic heterocycles. The van der Waals surface area contributed by atoms with Crippen molar-refractivity contribution in [1.82, 2.24) is 34.1 Å². The van der Waals surface area contributed by atoms with E-state index in [0.29, 0.717) is 30.3 Å². The van der Waals surface area contributed by atoms with E-state index >= 15 is 0 Å². The first-order chi connectivity index (χ1) is 20.0.